The molecule has 120 valence electrons. The summed E-state index contributed by atoms with van der Waals surface area (Å²) >= 11 is 0. The van der Waals surface area contributed by atoms with Gasteiger partial charge < -0.3 is 0 Å². The molecule has 1 aliphatic heterocycles. The fraction of sp³-hybridized carbons (Fsp3) is 0.125. The normalized spacial score (nSPS) is 15.6. The molecule has 0 radical (unpaired) electrons. The highest BCUT2D eigenvalue weighted by atomic mass is 32.2. The second-order valence-corrected chi connectivity index (χ2v) is 6.68. The second kappa shape index (κ2) is 5.66. The van der Waals surface area contributed by atoms with Crippen LogP contribution >= 0.6 is 0 Å². The molecule has 0 fully saturated rings. The predicted octanol–water partition coefficient (Wildman–Crippen LogP) is 3.74. The first kappa shape index (κ1) is 15.5. The van der Waals surface area contributed by atoms with E-state index in [4.69, 9.17) is 0 Å². The van der Waals surface area contributed by atoms with Gasteiger partial charge in [-0.25, -0.2) is 13.1 Å². The minimum absolute atomic E-state index is 0.148. The quantitative estimate of drug-likeness (QED) is 0.798. The standard InChI is InChI=1S/C16H14F2N2O2S/c1-2-3-11-19-14-9-4-5-10-15(14)20(23(19,21)22)16-12(17)7-6-8-13(16)18/h2,4-10H,1,3,11H2. The summed E-state index contributed by atoms with van der Waals surface area (Å²) < 4.78 is 55.8. The molecule has 3 rings (SSSR count). The van der Waals surface area contributed by atoms with Crippen molar-refractivity contribution < 1.29 is 17.2 Å². The van der Waals surface area contributed by atoms with E-state index in [9.17, 15) is 17.2 Å². The van der Waals surface area contributed by atoms with Crippen molar-refractivity contribution in [1.29, 1.82) is 0 Å². The Hall–Kier alpha value is -2.41. The molecule has 2 aromatic carbocycles. The van der Waals surface area contributed by atoms with Crippen LogP contribution in [0.4, 0.5) is 25.8 Å². The Bertz CT molecular complexity index is 848. The van der Waals surface area contributed by atoms with Crippen LogP contribution in [0.15, 0.2) is 55.1 Å². The van der Waals surface area contributed by atoms with Gasteiger partial charge in [0.25, 0.3) is 0 Å². The van der Waals surface area contributed by atoms with E-state index in [-0.39, 0.29) is 12.2 Å². The van der Waals surface area contributed by atoms with Gasteiger partial charge in [-0.3, -0.25) is 4.31 Å². The van der Waals surface area contributed by atoms with Gasteiger partial charge in [0.1, 0.15) is 5.69 Å². The maximum atomic E-state index is 14.1. The summed E-state index contributed by atoms with van der Waals surface area (Å²) in [5.74, 6) is -1.87. The highest BCUT2D eigenvalue weighted by Gasteiger charge is 2.42. The highest BCUT2D eigenvalue weighted by molar-refractivity contribution is 7.95. The minimum Gasteiger partial charge on any atom is -0.251 e. The van der Waals surface area contributed by atoms with Gasteiger partial charge in [0.15, 0.2) is 11.6 Å². The molecule has 1 aliphatic rings. The lowest BCUT2D eigenvalue weighted by Gasteiger charge is -2.22. The Kier molecular flexibility index (Phi) is 3.81. The lowest BCUT2D eigenvalue weighted by Crippen LogP contribution is -2.36. The van der Waals surface area contributed by atoms with Crippen LogP contribution in [0, 0.1) is 11.6 Å². The summed E-state index contributed by atoms with van der Waals surface area (Å²) in [6, 6.07) is 9.68. The zero-order valence-electron chi connectivity index (χ0n) is 12.1. The van der Waals surface area contributed by atoms with Crippen LogP contribution < -0.4 is 8.61 Å². The maximum Gasteiger partial charge on any atom is 0.331 e. The van der Waals surface area contributed by atoms with Crippen molar-refractivity contribution in [2.24, 2.45) is 0 Å². The van der Waals surface area contributed by atoms with Crippen LogP contribution in [-0.2, 0) is 10.2 Å². The Morgan fingerprint density at radius 3 is 2.22 bits per heavy atom. The van der Waals surface area contributed by atoms with E-state index in [1.54, 1.807) is 24.3 Å². The summed E-state index contributed by atoms with van der Waals surface area (Å²) in [4.78, 5) is 0. The van der Waals surface area contributed by atoms with Crippen molar-refractivity contribution in [3.05, 3.63) is 66.8 Å². The highest BCUT2D eigenvalue weighted by Crippen LogP contribution is 2.46. The number of anilines is 3. The number of halogens is 2. The third kappa shape index (κ3) is 2.37. The number of benzene rings is 2. The van der Waals surface area contributed by atoms with Gasteiger partial charge in [-0.05, 0) is 30.7 Å². The fourth-order valence-corrected chi connectivity index (χ4v) is 4.30. The first-order valence-electron chi connectivity index (χ1n) is 6.95. The average molecular weight is 336 g/mol. The number of hydrogen-bond acceptors (Lipinski definition) is 2. The van der Waals surface area contributed by atoms with Crippen LogP contribution in [0.1, 0.15) is 6.42 Å². The summed E-state index contributed by atoms with van der Waals surface area (Å²) in [5, 5.41) is 0. The first-order valence-corrected chi connectivity index (χ1v) is 8.35. The molecule has 7 heteroatoms. The van der Waals surface area contributed by atoms with Crippen LogP contribution in [0.5, 0.6) is 0 Å². The van der Waals surface area contributed by atoms with Crippen molar-refractivity contribution in [2.75, 3.05) is 15.2 Å². The van der Waals surface area contributed by atoms with Gasteiger partial charge >= 0.3 is 10.2 Å². The molecule has 2 aromatic rings. The molecule has 0 saturated heterocycles. The largest absolute Gasteiger partial charge is 0.331 e. The molecule has 0 N–H and O–H groups in total. The molecular weight excluding hydrogens is 322 g/mol. The van der Waals surface area contributed by atoms with Crippen LogP contribution in [0.3, 0.4) is 0 Å². The SMILES string of the molecule is C=CCCN1c2ccccc2N(c2c(F)cccc2F)S1(=O)=O. The van der Waals surface area contributed by atoms with Crippen molar-refractivity contribution in [1.82, 2.24) is 0 Å². The van der Waals surface area contributed by atoms with Gasteiger partial charge in [-0.2, -0.15) is 8.42 Å². The molecule has 0 bridgehead atoms. The topological polar surface area (TPSA) is 40.6 Å². The molecule has 0 amide bonds. The van der Waals surface area contributed by atoms with Crippen LogP contribution in [-0.4, -0.2) is 15.0 Å². The van der Waals surface area contributed by atoms with Gasteiger partial charge in [0, 0.05) is 6.54 Å². The fourth-order valence-electron chi connectivity index (χ4n) is 2.56. The molecule has 0 aromatic heterocycles. The van der Waals surface area contributed by atoms with Crippen molar-refractivity contribution in [3.63, 3.8) is 0 Å². The number of hydrogen-bond donors (Lipinski definition) is 0. The van der Waals surface area contributed by atoms with E-state index in [0.717, 1.165) is 20.7 Å². The van der Waals surface area contributed by atoms with E-state index >= 15 is 0 Å². The van der Waals surface area contributed by atoms with Crippen LogP contribution in [0.2, 0.25) is 0 Å². The van der Waals surface area contributed by atoms with E-state index in [2.05, 4.69) is 6.58 Å². The van der Waals surface area contributed by atoms with Crippen molar-refractivity contribution >= 4 is 27.3 Å². The molecule has 0 saturated carbocycles. The summed E-state index contributed by atoms with van der Waals surface area (Å²) in [7, 11) is -4.12. The van der Waals surface area contributed by atoms with Crippen LogP contribution in [0.25, 0.3) is 0 Å². The summed E-state index contributed by atoms with van der Waals surface area (Å²) in [5.41, 5.74) is 0.0126. The number of nitrogens with zero attached hydrogens (tertiary/aromatic N) is 2. The zero-order chi connectivity index (χ0) is 16.6. The van der Waals surface area contributed by atoms with Gasteiger partial charge in [0.05, 0.1) is 11.4 Å². The molecule has 0 atom stereocenters. The first-order chi connectivity index (χ1) is 11.0. The molecule has 0 aliphatic carbocycles. The zero-order valence-corrected chi connectivity index (χ0v) is 12.9. The van der Waals surface area contributed by atoms with E-state index in [0.29, 0.717) is 12.1 Å². The monoisotopic (exact) mass is 336 g/mol. The maximum absolute atomic E-state index is 14.1. The summed E-state index contributed by atoms with van der Waals surface area (Å²) in [6.07, 6.45) is 2.01. The lowest BCUT2D eigenvalue weighted by molar-refractivity contribution is 0.575. The van der Waals surface area contributed by atoms with E-state index < -0.39 is 27.5 Å². The van der Waals surface area contributed by atoms with E-state index in [1.165, 1.54) is 12.1 Å². The Balaban J connectivity index is 2.23. The third-order valence-electron chi connectivity index (χ3n) is 3.56. The predicted molar refractivity (Wildman–Crippen MR) is 86.0 cm³/mol. The van der Waals surface area contributed by atoms with Crippen molar-refractivity contribution in [3.8, 4) is 0 Å². The van der Waals surface area contributed by atoms with Crippen molar-refractivity contribution in [2.45, 2.75) is 6.42 Å². The van der Waals surface area contributed by atoms with Gasteiger partial charge in [-0.15, -0.1) is 6.58 Å². The van der Waals surface area contributed by atoms with Gasteiger partial charge in [-0.1, -0.05) is 24.3 Å². The van der Waals surface area contributed by atoms with Gasteiger partial charge in [0.2, 0.25) is 0 Å². The minimum atomic E-state index is -4.12. The molecule has 1 heterocycles. The average Bonchev–Trinajstić information content (AvgIpc) is 2.73. The summed E-state index contributed by atoms with van der Waals surface area (Å²) in [6.45, 7) is 3.72. The van der Waals surface area contributed by atoms with E-state index in [1.807, 2.05) is 0 Å². The second-order valence-electron chi connectivity index (χ2n) is 4.98. The Labute approximate surface area is 133 Å². The molecule has 0 spiro atoms. The molecule has 0 unspecified atom stereocenters. The smallest absolute Gasteiger partial charge is 0.251 e. The third-order valence-corrected chi connectivity index (χ3v) is 5.33. The molecule has 4 nitrogen and oxygen atoms in total. The molecule has 23 heavy (non-hydrogen) atoms. The Morgan fingerprint density at radius 2 is 1.61 bits per heavy atom. The Morgan fingerprint density at radius 1 is 1.00 bits per heavy atom. The molecular formula is C16H14F2N2O2S. The number of fused-ring (bicyclic) bond motifs is 1. The lowest BCUT2D eigenvalue weighted by atomic mass is 10.2. The number of rotatable bonds is 4. The number of para-hydroxylation sites is 3.